The topological polar surface area (TPSA) is 54.3 Å². The molecule has 1 aromatic carbocycles. The second-order valence-corrected chi connectivity index (χ2v) is 4.09. The minimum Gasteiger partial charge on any atom is -0.495 e. The van der Waals surface area contributed by atoms with E-state index in [4.69, 9.17) is 14.7 Å². The largest absolute Gasteiger partial charge is 0.495 e. The molecule has 0 aliphatic carbocycles. The molecule has 1 aromatic rings. The highest BCUT2D eigenvalue weighted by molar-refractivity contribution is 5.45. The molecule has 1 atom stereocenters. The highest BCUT2D eigenvalue weighted by Gasteiger charge is 2.14. The summed E-state index contributed by atoms with van der Waals surface area (Å²) >= 11 is 0. The Morgan fingerprint density at radius 3 is 3.12 bits per heavy atom. The van der Waals surface area contributed by atoms with Gasteiger partial charge in [0.25, 0.3) is 0 Å². The lowest BCUT2D eigenvalue weighted by molar-refractivity contribution is 0.190. The molecule has 0 bridgehead atoms. The van der Waals surface area contributed by atoms with Gasteiger partial charge >= 0.3 is 0 Å². The Bertz CT molecular complexity index is 420. The second kappa shape index (κ2) is 5.67. The zero-order valence-electron chi connectivity index (χ0n) is 9.90. The average molecular weight is 232 g/mol. The first-order valence-corrected chi connectivity index (χ1v) is 5.71. The Labute approximate surface area is 101 Å². The molecule has 0 radical (unpaired) electrons. The van der Waals surface area contributed by atoms with Crippen LogP contribution >= 0.6 is 0 Å². The van der Waals surface area contributed by atoms with E-state index >= 15 is 0 Å². The molecule has 1 aliphatic heterocycles. The predicted octanol–water partition coefficient (Wildman–Crippen LogP) is 1.45. The summed E-state index contributed by atoms with van der Waals surface area (Å²) in [5.41, 5.74) is 1.69. The summed E-state index contributed by atoms with van der Waals surface area (Å²) in [6, 6.07) is 8.19. The third-order valence-corrected chi connectivity index (χ3v) is 2.91. The number of methoxy groups -OCH3 is 1. The number of ether oxygens (including phenoxy) is 2. The van der Waals surface area contributed by atoms with Crippen LogP contribution in [0.4, 0.5) is 0 Å². The molecule has 0 spiro atoms. The first-order chi connectivity index (χ1) is 8.33. The van der Waals surface area contributed by atoms with E-state index in [1.807, 2.05) is 12.1 Å². The van der Waals surface area contributed by atoms with E-state index in [1.165, 1.54) is 0 Å². The molecule has 0 saturated carbocycles. The van der Waals surface area contributed by atoms with E-state index in [2.05, 4.69) is 11.4 Å². The van der Waals surface area contributed by atoms with Gasteiger partial charge in [-0.3, -0.25) is 0 Å². The summed E-state index contributed by atoms with van der Waals surface area (Å²) in [6.45, 7) is 2.40. The van der Waals surface area contributed by atoms with Crippen molar-refractivity contribution in [2.45, 2.75) is 19.0 Å². The molecule has 1 saturated heterocycles. The van der Waals surface area contributed by atoms with Crippen molar-refractivity contribution in [3.05, 3.63) is 29.3 Å². The molecule has 2 rings (SSSR count). The van der Waals surface area contributed by atoms with Gasteiger partial charge in [0.15, 0.2) is 0 Å². The minimum absolute atomic E-state index is 0.441. The van der Waals surface area contributed by atoms with Crippen LogP contribution in [0, 0.1) is 11.3 Å². The maximum Gasteiger partial charge on any atom is 0.136 e. The van der Waals surface area contributed by atoms with Crippen molar-refractivity contribution in [2.75, 3.05) is 20.3 Å². The molecular formula is C13H16N2O2. The van der Waals surface area contributed by atoms with E-state index < -0.39 is 0 Å². The van der Waals surface area contributed by atoms with Crippen LogP contribution in [0.15, 0.2) is 18.2 Å². The Morgan fingerprint density at radius 2 is 2.47 bits per heavy atom. The van der Waals surface area contributed by atoms with E-state index in [0.717, 1.165) is 31.7 Å². The van der Waals surface area contributed by atoms with Gasteiger partial charge in [0.05, 0.1) is 19.3 Å². The molecular weight excluding hydrogens is 216 g/mol. The first-order valence-electron chi connectivity index (χ1n) is 5.71. The molecule has 1 fully saturated rings. The van der Waals surface area contributed by atoms with Crippen molar-refractivity contribution in [2.24, 2.45) is 0 Å². The van der Waals surface area contributed by atoms with Gasteiger partial charge in [0.2, 0.25) is 0 Å². The predicted molar refractivity (Wildman–Crippen MR) is 63.8 cm³/mol. The maximum absolute atomic E-state index is 8.88. The quantitative estimate of drug-likeness (QED) is 0.853. The number of hydrogen-bond acceptors (Lipinski definition) is 4. The standard InChI is InChI=1S/C13H16N2O2/c1-16-13-6-10(2-3-11(13)7-14)8-15-12-4-5-17-9-12/h2-3,6,12,15H,4-5,8-9H2,1H3. The van der Waals surface area contributed by atoms with Crippen LogP contribution < -0.4 is 10.1 Å². The Morgan fingerprint density at radius 1 is 1.59 bits per heavy atom. The molecule has 1 unspecified atom stereocenters. The van der Waals surface area contributed by atoms with Crippen LogP contribution in [-0.2, 0) is 11.3 Å². The van der Waals surface area contributed by atoms with Gasteiger partial charge in [0, 0.05) is 19.2 Å². The molecule has 4 heteroatoms. The molecule has 1 heterocycles. The highest BCUT2D eigenvalue weighted by Crippen LogP contribution is 2.19. The maximum atomic E-state index is 8.88. The van der Waals surface area contributed by atoms with Gasteiger partial charge < -0.3 is 14.8 Å². The van der Waals surface area contributed by atoms with Crippen molar-refractivity contribution in [1.29, 1.82) is 5.26 Å². The Hall–Kier alpha value is -1.57. The van der Waals surface area contributed by atoms with Crippen LogP contribution in [0.2, 0.25) is 0 Å². The van der Waals surface area contributed by atoms with Gasteiger partial charge in [-0.2, -0.15) is 5.26 Å². The summed E-state index contributed by atoms with van der Waals surface area (Å²) in [5, 5.41) is 12.3. The number of benzene rings is 1. The number of nitrogens with zero attached hydrogens (tertiary/aromatic N) is 1. The molecule has 4 nitrogen and oxygen atoms in total. The zero-order chi connectivity index (χ0) is 12.1. The van der Waals surface area contributed by atoms with Crippen LogP contribution in [0.1, 0.15) is 17.5 Å². The van der Waals surface area contributed by atoms with Gasteiger partial charge in [-0.1, -0.05) is 6.07 Å². The van der Waals surface area contributed by atoms with E-state index in [0.29, 0.717) is 17.4 Å². The fourth-order valence-electron chi connectivity index (χ4n) is 1.90. The minimum atomic E-state index is 0.441. The number of rotatable bonds is 4. The van der Waals surface area contributed by atoms with E-state index in [1.54, 1.807) is 13.2 Å². The fourth-order valence-corrected chi connectivity index (χ4v) is 1.90. The molecule has 17 heavy (non-hydrogen) atoms. The third-order valence-electron chi connectivity index (χ3n) is 2.91. The second-order valence-electron chi connectivity index (χ2n) is 4.09. The zero-order valence-corrected chi connectivity index (χ0v) is 9.90. The number of hydrogen-bond donors (Lipinski definition) is 1. The van der Waals surface area contributed by atoms with Crippen molar-refractivity contribution in [1.82, 2.24) is 5.32 Å². The van der Waals surface area contributed by atoms with Crippen molar-refractivity contribution in [3.8, 4) is 11.8 Å². The number of nitriles is 1. The third kappa shape index (κ3) is 2.96. The summed E-state index contributed by atoms with van der Waals surface area (Å²) in [7, 11) is 1.58. The first kappa shape index (κ1) is 11.9. The summed E-state index contributed by atoms with van der Waals surface area (Å²) < 4.78 is 10.5. The lowest BCUT2D eigenvalue weighted by Gasteiger charge is -2.11. The van der Waals surface area contributed by atoms with Gasteiger partial charge in [-0.15, -0.1) is 0 Å². The van der Waals surface area contributed by atoms with E-state index in [-0.39, 0.29) is 0 Å². The van der Waals surface area contributed by atoms with Crippen molar-refractivity contribution in [3.63, 3.8) is 0 Å². The monoisotopic (exact) mass is 232 g/mol. The summed E-state index contributed by atoms with van der Waals surface area (Å²) in [4.78, 5) is 0. The average Bonchev–Trinajstić information content (AvgIpc) is 2.89. The van der Waals surface area contributed by atoms with Crippen LogP contribution in [0.3, 0.4) is 0 Å². The lowest BCUT2D eigenvalue weighted by Crippen LogP contribution is -2.28. The lowest BCUT2D eigenvalue weighted by atomic mass is 10.1. The van der Waals surface area contributed by atoms with Gasteiger partial charge in [-0.05, 0) is 24.1 Å². The summed E-state index contributed by atoms with van der Waals surface area (Å²) in [6.07, 6.45) is 1.06. The fraction of sp³-hybridized carbons (Fsp3) is 0.462. The van der Waals surface area contributed by atoms with Crippen LogP contribution in [0.5, 0.6) is 5.75 Å². The summed E-state index contributed by atoms with van der Waals surface area (Å²) in [5.74, 6) is 0.634. The van der Waals surface area contributed by atoms with Crippen molar-refractivity contribution >= 4 is 0 Å². The van der Waals surface area contributed by atoms with Gasteiger partial charge in [0.1, 0.15) is 11.8 Å². The molecule has 0 aromatic heterocycles. The molecule has 0 amide bonds. The molecule has 90 valence electrons. The Kier molecular flexibility index (Phi) is 3.97. The normalized spacial score (nSPS) is 18.9. The number of nitrogens with one attached hydrogen (secondary N) is 1. The SMILES string of the molecule is COc1cc(CNC2CCOC2)ccc1C#N. The smallest absolute Gasteiger partial charge is 0.136 e. The van der Waals surface area contributed by atoms with Crippen LogP contribution in [0.25, 0.3) is 0 Å². The molecule has 1 N–H and O–H groups in total. The highest BCUT2D eigenvalue weighted by atomic mass is 16.5. The van der Waals surface area contributed by atoms with Crippen molar-refractivity contribution < 1.29 is 9.47 Å². The van der Waals surface area contributed by atoms with E-state index in [9.17, 15) is 0 Å². The Balaban J connectivity index is 1.98. The van der Waals surface area contributed by atoms with Gasteiger partial charge in [-0.25, -0.2) is 0 Å². The molecule has 1 aliphatic rings. The van der Waals surface area contributed by atoms with Crippen LogP contribution in [-0.4, -0.2) is 26.4 Å².